The summed E-state index contributed by atoms with van der Waals surface area (Å²) in [5.41, 5.74) is 1.98. The molecule has 130 valence electrons. The molecule has 1 N–H and O–H groups in total. The number of likely N-dealkylation sites (tertiary alicyclic amines) is 1. The van der Waals surface area contributed by atoms with E-state index in [4.69, 9.17) is 0 Å². The number of amides is 1. The highest BCUT2D eigenvalue weighted by Crippen LogP contribution is 2.24. The Hall–Kier alpha value is -2.96. The molecule has 0 aliphatic carbocycles. The second-order valence-electron chi connectivity index (χ2n) is 6.15. The van der Waals surface area contributed by atoms with E-state index in [2.05, 4.69) is 5.32 Å². The topological polar surface area (TPSA) is 75.5 Å². The molecule has 0 saturated carbocycles. The Labute approximate surface area is 144 Å². The summed E-state index contributed by atoms with van der Waals surface area (Å²) in [6.45, 7) is 3.10. The highest BCUT2D eigenvalue weighted by molar-refractivity contribution is 5.86. The Bertz CT molecular complexity index is 808. The van der Waals surface area contributed by atoms with E-state index in [-0.39, 0.29) is 17.3 Å². The largest absolute Gasteiger partial charge is 0.371 e. The molecule has 7 heteroatoms. The second-order valence-corrected chi connectivity index (χ2v) is 6.15. The molecular weight excluding hydrogens is 325 g/mol. The van der Waals surface area contributed by atoms with Crippen LogP contribution in [-0.4, -0.2) is 28.3 Å². The van der Waals surface area contributed by atoms with Crippen molar-refractivity contribution >= 4 is 17.3 Å². The summed E-state index contributed by atoms with van der Waals surface area (Å²) in [7, 11) is 0. The van der Waals surface area contributed by atoms with Crippen LogP contribution in [0, 0.1) is 22.9 Å². The summed E-state index contributed by atoms with van der Waals surface area (Å²) in [5.74, 6) is -0.836. The van der Waals surface area contributed by atoms with Gasteiger partial charge in [0.1, 0.15) is 6.04 Å². The number of rotatable bonds is 5. The van der Waals surface area contributed by atoms with E-state index in [1.807, 2.05) is 31.2 Å². The molecule has 2 aromatic carbocycles. The molecule has 1 amide bonds. The Morgan fingerprint density at radius 3 is 2.64 bits per heavy atom. The van der Waals surface area contributed by atoms with Crippen molar-refractivity contribution in [3.05, 3.63) is 69.5 Å². The smallest absolute Gasteiger partial charge is 0.272 e. The molecule has 0 spiro atoms. The number of nitro groups is 1. The van der Waals surface area contributed by atoms with Gasteiger partial charge in [-0.3, -0.25) is 14.9 Å². The van der Waals surface area contributed by atoms with Crippen molar-refractivity contribution in [3.63, 3.8) is 0 Å². The van der Waals surface area contributed by atoms with Gasteiger partial charge in [-0.15, -0.1) is 0 Å². The van der Waals surface area contributed by atoms with Crippen LogP contribution in [0.4, 0.5) is 15.8 Å². The fourth-order valence-electron chi connectivity index (χ4n) is 2.87. The normalized spacial score (nSPS) is 17.0. The number of carbonyl (C=O) groups is 1. The average molecular weight is 343 g/mol. The second kappa shape index (κ2) is 6.88. The number of nitrogens with one attached hydrogen (secondary N) is 1. The standard InChI is InChI=1S/C18H18FN3O3/c1-12-2-4-13(5-3-12)11-21-9-8-17(18(21)23)20-16-7-6-14(22(24)25)10-15(16)19/h2-7,10,17,20H,8-9,11H2,1H3. The van der Waals surface area contributed by atoms with Crippen molar-refractivity contribution in [1.29, 1.82) is 0 Å². The summed E-state index contributed by atoms with van der Waals surface area (Å²) >= 11 is 0. The van der Waals surface area contributed by atoms with E-state index in [0.29, 0.717) is 19.5 Å². The molecule has 2 aromatic rings. The number of nitro benzene ring substituents is 1. The van der Waals surface area contributed by atoms with E-state index in [0.717, 1.165) is 17.2 Å². The number of non-ortho nitro benzene ring substituents is 1. The SMILES string of the molecule is Cc1ccc(CN2CCC(Nc3ccc([N+](=O)[O-])cc3F)C2=O)cc1. The Balaban J connectivity index is 1.66. The predicted octanol–water partition coefficient (Wildman–Crippen LogP) is 3.26. The van der Waals surface area contributed by atoms with Crippen LogP contribution in [0.1, 0.15) is 17.5 Å². The third-order valence-corrected chi connectivity index (χ3v) is 4.28. The first-order valence-electron chi connectivity index (χ1n) is 7.99. The van der Waals surface area contributed by atoms with Crippen LogP contribution in [-0.2, 0) is 11.3 Å². The summed E-state index contributed by atoms with van der Waals surface area (Å²) in [4.78, 5) is 24.2. The van der Waals surface area contributed by atoms with Crippen molar-refractivity contribution in [2.45, 2.75) is 25.9 Å². The van der Waals surface area contributed by atoms with Gasteiger partial charge in [0, 0.05) is 19.2 Å². The van der Waals surface area contributed by atoms with E-state index in [9.17, 15) is 19.3 Å². The predicted molar refractivity (Wildman–Crippen MR) is 91.7 cm³/mol. The van der Waals surface area contributed by atoms with Gasteiger partial charge in [-0.1, -0.05) is 29.8 Å². The molecule has 3 rings (SSSR count). The lowest BCUT2D eigenvalue weighted by Crippen LogP contribution is -2.33. The fourth-order valence-corrected chi connectivity index (χ4v) is 2.87. The van der Waals surface area contributed by atoms with Crippen molar-refractivity contribution < 1.29 is 14.1 Å². The monoisotopic (exact) mass is 343 g/mol. The van der Waals surface area contributed by atoms with E-state index in [1.54, 1.807) is 4.90 Å². The molecule has 25 heavy (non-hydrogen) atoms. The van der Waals surface area contributed by atoms with E-state index in [1.165, 1.54) is 12.1 Å². The van der Waals surface area contributed by atoms with Gasteiger partial charge >= 0.3 is 0 Å². The highest BCUT2D eigenvalue weighted by Gasteiger charge is 2.32. The molecule has 6 nitrogen and oxygen atoms in total. The fraction of sp³-hybridized carbons (Fsp3) is 0.278. The third kappa shape index (κ3) is 3.76. The lowest BCUT2D eigenvalue weighted by atomic mass is 10.1. The lowest BCUT2D eigenvalue weighted by molar-refractivity contribution is -0.385. The number of aryl methyl sites for hydroxylation is 1. The number of benzene rings is 2. The maximum atomic E-state index is 14.0. The number of hydrogen-bond acceptors (Lipinski definition) is 4. The Morgan fingerprint density at radius 2 is 2.00 bits per heavy atom. The van der Waals surface area contributed by atoms with Crippen LogP contribution < -0.4 is 5.32 Å². The first kappa shape index (κ1) is 16.9. The van der Waals surface area contributed by atoms with Crippen LogP contribution in [0.2, 0.25) is 0 Å². The van der Waals surface area contributed by atoms with E-state index < -0.39 is 16.8 Å². The van der Waals surface area contributed by atoms with Crippen molar-refractivity contribution in [2.75, 3.05) is 11.9 Å². The van der Waals surface area contributed by atoms with Crippen LogP contribution >= 0.6 is 0 Å². The highest BCUT2D eigenvalue weighted by atomic mass is 19.1. The van der Waals surface area contributed by atoms with E-state index >= 15 is 0 Å². The molecule has 0 bridgehead atoms. The van der Waals surface area contributed by atoms with Crippen LogP contribution in [0.3, 0.4) is 0 Å². The Morgan fingerprint density at radius 1 is 1.28 bits per heavy atom. The minimum absolute atomic E-state index is 0.0983. The molecule has 1 fully saturated rings. The van der Waals surface area contributed by atoms with Gasteiger partial charge in [-0.25, -0.2) is 4.39 Å². The molecule has 0 aromatic heterocycles. The van der Waals surface area contributed by atoms with Gasteiger partial charge in [0.05, 0.1) is 16.7 Å². The van der Waals surface area contributed by atoms with Gasteiger partial charge in [-0.2, -0.15) is 0 Å². The minimum Gasteiger partial charge on any atom is -0.371 e. The Kier molecular flexibility index (Phi) is 4.65. The summed E-state index contributed by atoms with van der Waals surface area (Å²) < 4.78 is 14.0. The summed E-state index contributed by atoms with van der Waals surface area (Å²) in [5, 5.41) is 13.5. The zero-order chi connectivity index (χ0) is 18.0. The molecule has 1 atom stereocenters. The molecule has 1 aliphatic rings. The number of hydrogen-bond donors (Lipinski definition) is 1. The average Bonchev–Trinajstić information content (AvgIpc) is 2.92. The maximum Gasteiger partial charge on any atom is 0.272 e. The zero-order valence-corrected chi connectivity index (χ0v) is 13.7. The first-order chi connectivity index (χ1) is 11.9. The lowest BCUT2D eigenvalue weighted by Gasteiger charge is -2.18. The zero-order valence-electron chi connectivity index (χ0n) is 13.7. The van der Waals surface area contributed by atoms with Crippen molar-refractivity contribution in [3.8, 4) is 0 Å². The third-order valence-electron chi connectivity index (χ3n) is 4.28. The molecule has 1 saturated heterocycles. The van der Waals surface area contributed by atoms with Gasteiger partial charge in [0.25, 0.3) is 5.69 Å². The number of carbonyl (C=O) groups excluding carboxylic acids is 1. The van der Waals surface area contributed by atoms with Crippen LogP contribution in [0.5, 0.6) is 0 Å². The summed E-state index contributed by atoms with van der Waals surface area (Å²) in [6.07, 6.45) is 0.557. The molecular formula is C18H18FN3O3. The van der Waals surface area contributed by atoms with Crippen LogP contribution in [0.15, 0.2) is 42.5 Å². The van der Waals surface area contributed by atoms with Gasteiger partial charge < -0.3 is 10.2 Å². The molecule has 1 aliphatic heterocycles. The van der Waals surface area contributed by atoms with Crippen LogP contribution in [0.25, 0.3) is 0 Å². The van der Waals surface area contributed by atoms with Gasteiger partial charge in [-0.05, 0) is 25.0 Å². The number of anilines is 1. The summed E-state index contributed by atoms with van der Waals surface area (Å²) in [6, 6.07) is 10.8. The molecule has 1 unspecified atom stereocenters. The van der Waals surface area contributed by atoms with Crippen molar-refractivity contribution in [1.82, 2.24) is 4.90 Å². The van der Waals surface area contributed by atoms with Crippen molar-refractivity contribution in [2.24, 2.45) is 0 Å². The number of nitrogens with zero attached hydrogens (tertiary/aromatic N) is 2. The molecule has 0 radical (unpaired) electrons. The van der Waals surface area contributed by atoms with Gasteiger partial charge in [0.2, 0.25) is 5.91 Å². The minimum atomic E-state index is -0.737. The maximum absolute atomic E-state index is 14.0. The molecule has 1 heterocycles. The quantitative estimate of drug-likeness (QED) is 0.668. The van der Waals surface area contributed by atoms with Gasteiger partial charge in [0.15, 0.2) is 5.82 Å². The first-order valence-corrected chi connectivity index (χ1v) is 7.99. The number of halogens is 1.